The van der Waals surface area contributed by atoms with E-state index in [1.54, 1.807) is 0 Å². The van der Waals surface area contributed by atoms with Crippen LogP contribution in [0.15, 0.2) is 0 Å². The molecule has 0 N–H and O–H groups in total. The Labute approximate surface area is 240 Å². The first kappa shape index (κ1) is 33.6. The molecule has 1 aliphatic carbocycles. The smallest absolute Gasteiger partial charge is 0.314 e. The van der Waals surface area contributed by atoms with Gasteiger partial charge in [-0.25, -0.2) is 17.6 Å². The Morgan fingerprint density at radius 2 is 1.02 bits per heavy atom. The molecule has 0 unspecified atom stereocenters. The number of esters is 1. The van der Waals surface area contributed by atoms with E-state index < -0.39 is 87.7 Å². The molecule has 0 aliphatic heterocycles. The van der Waals surface area contributed by atoms with Crippen LogP contribution in [-0.4, -0.2) is 12.6 Å². The fourth-order valence-electron chi connectivity index (χ4n) is 5.46. The van der Waals surface area contributed by atoms with Gasteiger partial charge in [-0.05, 0) is 38.5 Å². The highest BCUT2D eigenvalue weighted by Crippen LogP contribution is 2.42. The van der Waals surface area contributed by atoms with Gasteiger partial charge in [-0.3, -0.25) is 4.79 Å². The van der Waals surface area contributed by atoms with Gasteiger partial charge in [0.2, 0.25) is 29.0 Å². The van der Waals surface area contributed by atoms with Gasteiger partial charge in [-0.2, -0.15) is 17.6 Å². The van der Waals surface area contributed by atoms with Crippen molar-refractivity contribution in [3.05, 3.63) is 46.5 Å². The Morgan fingerprint density at radius 3 is 1.48 bits per heavy atom. The zero-order chi connectivity index (χ0) is 31.0. The summed E-state index contributed by atoms with van der Waals surface area (Å²) in [6, 6.07) is 0. The van der Waals surface area contributed by atoms with Gasteiger partial charge >= 0.3 is 5.97 Å². The molecule has 234 valence electrons. The molecule has 1 aliphatic rings. The summed E-state index contributed by atoms with van der Waals surface area (Å²) in [6.45, 7) is 3.00. The number of rotatable bonds is 14. The lowest BCUT2D eigenvalue weighted by Gasteiger charge is -2.27. The molecule has 1 fully saturated rings. The predicted molar refractivity (Wildman–Crippen MR) is 141 cm³/mol. The van der Waals surface area contributed by atoms with Crippen molar-refractivity contribution in [1.29, 1.82) is 0 Å². The minimum Gasteiger partial charge on any atom is -0.488 e. The Balaban J connectivity index is 1.67. The second-order valence-corrected chi connectivity index (χ2v) is 10.8. The highest BCUT2D eigenvalue weighted by molar-refractivity contribution is 5.76. The average Bonchev–Trinajstić information content (AvgIpc) is 2.98. The first-order valence-corrected chi connectivity index (χ1v) is 14.6. The van der Waals surface area contributed by atoms with Gasteiger partial charge in [0.25, 0.3) is 0 Å². The molecule has 2 aromatic rings. The second kappa shape index (κ2) is 15.6. The normalized spacial score (nSPS) is 17.0. The molecule has 42 heavy (non-hydrogen) atoms. The second-order valence-electron chi connectivity index (χ2n) is 10.8. The molecule has 0 spiro atoms. The first-order valence-electron chi connectivity index (χ1n) is 14.6. The molecule has 0 radical (unpaired) electrons. The molecule has 0 amide bonds. The van der Waals surface area contributed by atoms with Gasteiger partial charge in [0.05, 0.1) is 23.7 Å². The van der Waals surface area contributed by atoms with E-state index in [9.17, 15) is 39.9 Å². The van der Waals surface area contributed by atoms with Crippen molar-refractivity contribution >= 4 is 5.97 Å². The third-order valence-electron chi connectivity index (χ3n) is 7.83. The van der Waals surface area contributed by atoms with Crippen molar-refractivity contribution in [2.75, 3.05) is 6.61 Å². The van der Waals surface area contributed by atoms with Crippen LogP contribution in [-0.2, 0) is 4.79 Å². The maximum Gasteiger partial charge on any atom is 0.314 e. The van der Waals surface area contributed by atoms with Crippen molar-refractivity contribution in [2.45, 2.75) is 97.3 Å². The van der Waals surface area contributed by atoms with E-state index in [-0.39, 0.29) is 0 Å². The average molecular weight is 609 g/mol. The molecular formula is C31H36F8O3. The zero-order valence-corrected chi connectivity index (χ0v) is 23.8. The summed E-state index contributed by atoms with van der Waals surface area (Å²) in [6.07, 6.45) is 12.6. The van der Waals surface area contributed by atoms with E-state index in [1.165, 1.54) is 45.4 Å². The number of carbonyl (C=O) groups excluding carboxylic acids is 1. The SMILES string of the molecule is CCCCCCCCCCC1CCC(C(=O)Oc2c(F)c(F)c(-c3c(F)c(F)c(OCC)c(F)c3F)c(F)c2F)CC1. The van der Waals surface area contributed by atoms with E-state index in [2.05, 4.69) is 11.7 Å². The van der Waals surface area contributed by atoms with Gasteiger partial charge in [-0.15, -0.1) is 0 Å². The predicted octanol–water partition coefficient (Wildman–Crippen LogP) is 10.1. The quantitative estimate of drug-likeness (QED) is 0.0704. The largest absolute Gasteiger partial charge is 0.488 e. The number of unbranched alkanes of at least 4 members (excludes halogenated alkanes) is 7. The van der Waals surface area contributed by atoms with E-state index in [0.717, 1.165) is 19.3 Å². The maximum absolute atomic E-state index is 14.9. The highest BCUT2D eigenvalue weighted by Gasteiger charge is 2.37. The van der Waals surface area contributed by atoms with Gasteiger partial charge < -0.3 is 9.47 Å². The summed E-state index contributed by atoms with van der Waals surface area (Å²) >= 11 is 0. The Kier molecular flexibility index (Phi) is 12.5. The third-order valence-corrected chi connectivity index (χ3v) is 7.83. The molecule has 3 nitrogen and oxygen atoms in total. The van der Waals surface area contributed by atoms with Crippen LogP contribution >= 0.6 is 0 Å². The molecular weight excluding hydrogens is 572 g/mol. The lowest BCUT2D eigenvalue weighted by Crippen LogP contribution is -2.26. The first-order chi connectivity index (χ1) is 20.0. The summed E-state index contributed by atoms with van der Waals surface area (Å²) in [7, 11) is 0. The molecule has 2 aromatic carbocycles. The Morgan fingerprint density at radius 1 is 0.595 bits per heavy atom. The summed E-state index contributed by atoms with van der Waals surface area (Å²) in [5.41, 5.74) is -4.06. The molecule has 0 bridgehead atoms. The van der Waals surface area contributed by atoms with Gasteiger partial charge in [0, 0.05) is 0 Å². The summed E-state index contributed by atoms with van der Waals surface area (Å²) in [5, 5.41) is 0. The van der Waals surface area contributed by atoms with Crippen LogP contribution in [0.3, 0.4) is 0 Å². The minimum atomic E-state index is -2.40. The molecule has 0 atom stereocenters. The van der Waals surface area contributed by atoms with Crippen LogP contribution in [0, 0.1) is 58.4 Å². The van der Waals surface area contributed by atoms with Crippen molar-refractivity contribution in [1.82, 2.24) is 0 Å². The Bertz CT molecular complexity index is 1180. The third kappa shape index (κ3) is 7.56. The van der Waals surface area contributed by atoms with Gasteiger partial charge in [0.1, 0.15) is 0 Å². The lowest BCUT2D eigenvalue weighted by atomic mass is 9.79. The standard InChI is InChI=1S/C31H36F8O3/c1-3-5-6-7-8-9-10-11-12-17-13-15-18(16-14-17)31(40)42-30-27(38)23(34)20(24(35)28(30)39)19-21(32)25(36)29(41-4-2)26(37)22(19)33/h17-18H,3-16H2,1-2H3. The number of halogens is 8. The van der Waals surface area contributed by atoms with Crippen LogP contribution in [0.2, 0.25) is 0 Å². The van der Waals surface area contributed by atoms with Crippen LogP contribution in [0.25, 0.3) is 11.1 Å². The van der Waals surface area contributed by atoms with Crippen molar-refractivity contribution < 1.29 is 49.4 Å². The minimum absolute atomic E-state index is 0.355. The van der Waals surface area contributed by atoms with Crippen LogP contribution in [0.1, 0.15) is 97.3 Å². The molecule has 0 aromatic heterocycles. The van der Waals surface area contributed by atoms with Crippen molar-refractivity contribution in [2.24, 2.45) is 11.8 Å². The molecule has 11 heteroatoms. The molecule has 3 rings (SSSR count). The molecule has 0 saturated heterocycles. The number of hydrogen-bond donors (Lipinski definition) is 0. The van der Waals surface area contributed by atoms with Crippen LogP contribution in [0.4, 0.5) is 35.1 Å². The topological polar surface area (TPSA) is 35.5 Å². The van der Waals surface area contributed by atoms with Crippen LogP contribution in [0.5, 0.6) is 11.5 Å². The van der Waals surface area contributed by atoms with Gasteiger partial charge in [-0.1, -0.05) is 64.7 Å². The summed E-state index contributed by atoms with van der Waals surface area (Å²) in [5.74, 6) is -23.1. The van der Waals surface area contributed by atoms with E-state index in [0.29, 0.717) is 31.6 Å². The lowest BCUT2D eigenvalue weighted by molar-refractivity contribution is -0.140. The monoisotopic (exact) mass is 608 g/mol. The highest BCUT2D eigenvalue weighted by atomic mass is 19.2. The molecule has 1 saturated carbocycles. The zero-order valence-electron chi connectivity index (χ0n) is 23.8. The number of carbonyl (C=O) groups is 1. The summed E-state index contributed by atoms with van der Waals surface area (Å²) < 4.78 is 126. The fourth-order valence-corrected chi connectivity index (χ4v) is 5.46. The number of ether oxygens (including phenoxy) is 2. The molecule has 0 heterocycles. The van der Waals surface area contributed by atoms with Gasteiger partial charge in [0.15, 0.2) is 29.0 Å². The van der Waals surface area contributed by atoms with Crippen molar-refractivity contribution in [3.8, 4) is 22.6 Å². The van der Waals surface area contributed by atoms with E-state index >= 15 is 0 Å². The van der Waals surface area contributed by atoms with Crippen LogP contribution < -0.4 is 9.47 Å². The number of benzene rings is 2. The number of hydrogen-bond acceptors (Lipinski definition) is 3. The maximum atomic E-state index is 14.9. The summed E-state index contributed by atoms with van der Waals surface area (Å²) in [4.78, 5) is 12.6. The van der Waals surface area contributed by atoms with E-state index in [1.807, 2.05) is 0 Å². The fraction of sp³-hybridized carbons (Fsp3) is 0.581. The van der Waals surface area contributed by atoms with Crippen molar-refractivity contribution in [3.63, 3.8) is 0 Å². The van der Waals surface area contributed by atoms with E-state index in [4.69, 9.17) is 4.74 Å². The Hall–Kier alpha value is -2.85.